The third-order valence-corrected chi connectivity index (χ3v) is 4.62. The molecule has 2 heterocycles. The zero-order valence-electron chi connectivity index (χ0n) is 12.9. The number of nitrogens with zero attached hydrogens (tertiary/aromatic N) is 3. The van der Waals surface area contributed by atoms with Crippen molar-refractivity contribution in [3.63, 3.8) is 0 Å². The number of aromatic nitrogens is 1. The number of aliphatic imine (C=N–C) groups is 1. The number of hydrogen-bond acceptors (Lipinski definition) is 3. The average molecular weight is 428 g/mol. The number of rotatable bonds is 3. The van der Waals surface area contributed by atoms with Gasteiger partial charge in [0.15, 0.2) is 5.96 Å². The summed E-state index contributed by atoms with van der Waals surface area (Å²) in [7, 11) is 1.84. The molecule has 1 N–H and O–H groups in total. The topological polar surface area (TPSA) is 40.5 Å². The molecule has 1 aliphatic rings. The maximum absolute atomic E-state index is 4.42. The number of halogens is 1. The van der Waals surface area contributed by atoms with Gasteiger partial charge < -0.3 is 10.2 Å². The van der Waals surface area contributed by atoms with Crippen LogP contribution in [0.4, 0.5) is 5.69 Å². The Hall–Kier alpha value is -1.15. The van der Waals surface area contributed by atoms with E-state index in [9.17, 15) is 0 Å². The number of fused-ring (bicyclic) bond motifs is 1. The summed E-state index contributed by atoms with van der Waals surface area (Å²) in [6.07, 6.45) is 3.96. The van der Waals surface area contributed by atoms with Crippen molar-refractivity contribution in [1.82, 2.24) is 10.3 Å². The number of para-hydroxylation sites is 1. The van der Waals surface area contributed by atoms with Gasteiger partial charge in [0.2, 0.25) is 0 Å². The molecule has 118 valence electrons. The lowest BCUT2D eigenvalue weighted by Crippen LogP contribution is -2.41. The van der Waals surface area contributed by atoms with Gasteiger partial charge in [0.25, 0.3) is 0 Å². The van der Waals surface area contributed by atoms with Crippen LogP contribution in [0.1, 0.15) is 15.4 Å². The molecule has 1 aromatic carbocycles. The summed E-state index contributed by atoms with van der Waals surface area (Å²) in [5, 5.41) is 4.63. The summed E-state index contributed by atoms with van der Waals surface area (Å²) in [5.74, 6) is 0.952. The molecular weight excluding hydrogens is 407 g/mol. The smallest absolute Gasteiger partial charge is 0.198 e. The van der Waals surface area contributed by atoms with Gasteiger partial charge in [-0.3, -0.25) is 4.99 Å². The highest BCUT2D eigenvalue weighted by Crippen LogP contribution is 2.27. The molecule has 0 atom stereocenters. The van der Waals surface area contributed by atoms with E-state index in [-0.39, 0.29) is 24.0 Å². The first-order chi connectivity index (χ1) is 10.3. The Labute approximate surface area is 152 Å². The van der Waals surface area contributed by atoms with Gasteiger partial charge >= 0.3 is 0 Å². The van der Waals surface area contributed by atoms with Crippen LogP contribution in [0.3, 0.4) is 0 Å². The van der Waals surface area contributed by atoms with Gasteiger partial charge in [-0.1, -0.05) is 18.2 Å². The van der Waals surface area contributed by atoms with Crippen LogP contribution in [0.25, 0.3) is 0 Å². The fourth-order valence-corrected chi connectivity index (χ4v) is 3.44. The highest BCUT2D eigenvalue weighted by molar-refractivity contribution is 14.0. The summed E-state index contributed by atoms with van der Waals surface area (Å²) in [4.78, 5) is 12.3. The third-order valence-electron chi connectivity index (χ3n) is 3.65. The minimum absolute atomic E-state index is 0. The fourth-order valence-electron chi connectivity index (χ4n) is 2.65. The molecule has 0 amide bonds. The van der Waals surface area contributed by atoms with E-state index in [0.717, 1.165) is 31.9 Å². The minimum atomic E-state index is 0. The lowest BCUT2D eigenvalue weighted by molar-refractivity contribution is 0.831. The molecule has 3 rings (SSSR count). The predicted molar refractivity (Wildman–Crippen MR) is 105 cm³/mol. The summed E-state index contributed by atoms with van der Waals surface area (Å²) >= 11 is 1.76. The van der Waals surface area contributed by atoms with E-state index in [1.54, 1.807) is 11.3 Å². The van der Waals surface area contributed by atoms with Crippen LogP contribution in [0.15, 0.2) is 35.5 Å². The second kappa shape index (κ2) is 7.92. The Kier molecular flexibility index (Phi) is 6.19. The highest BCUT2D eigenvalue weighted by Gasteiger charge is 2.22. The van der Waals surface area contributed by atoms with Crippen molar-refractivity contribution < 1.29 is 0 Å². The van der Waals surface area contributed by atoms with Crippen molar-refractivity contribution in [2.24, 2.45) is 4.99 Å². The number of hydrogen-bond donors (Lipinski definition) is 1. The van der Waals surface area contributed by atoms with Crippen LogP contribution in [0.2, 0.25) is 0 Å². The van der Waals surface area contributed by atoms with Crippen LogP contribution in [-0.4, -0.2) is 31.1 Å². The standard InChI is InChI=1S/C16H20N4S.HI/c1-12-11-19-15(21-12)7-9-18-16(17-2)20-10-8-13-5-3-4-6-14(13)20;/h3-6,11H,7-10H2,1-2H3,(H,17,18);1H. The molecule has 4 nitrogen and oxygen atoms in total. The quantitative estimate of drug-likeness (QED) is 0.464. The van der Waals surface area contributed by atoms with Gasteiger partial charge in [0.1, 0.15) is 0 Å². The number of thiazole rings is 1. The van der Waals surface area contributed by atoms with E-state index in [0.29, 0.717) is 0 Å². The second-order valence-corrected chi connectivity index (χ2v) is 6.44. The average Bonchev–Trinajstić information content (AvgIpc) is 3.10. The Morgan fingerprint density at radius 2 is 2.23 bits per heavy atom. The molecular formula is C16H21IN4S. The van der Waals surface area contributed by atoms with Gasteiger partial charge in [-0.05, 0) is 25.0 Å². The Balaban J connectivity index is 0.00000176. The molecule has 2 aromatic rings. The summed E-state index contributed by atoms with van der Waals surface area (Å²) < 4.78 is 0. The van der Waals surface area contributed by atoms with Crippen LogP contribution in [0.5, 0.6) is 0 Å². The van der Waals surface area contributed by atoms with Crippen molar-refractivity contribution in [3.05, 3.63) is 45.9 Å². The SMILES string of the molecule is CN=C(NCCc1ncc(C)s1)N1CCc2ccccc21.I. The van der Waals surface area contributed by atoms with Gasteiger partial charge in [-0.2, -0.15) is 0 Å². The summed E-state index contributed by atoms with van der Waals surface area (Å²) in [6, 6.07) is 8.55. The Morgan fingerprint density at radius 3 is 2.95 bits per heavy atom. The third kappa shape index (κ3) is 3.78. The van der Waals surface area contributed by atoms with Crippen molar-refractivity contribution in [1.29, 1.82) is 0 Å². The van der Waals surface area contributed by atoms with Gasteiger partial charge in [0.05, 0.1) is 5.01 Å². The molecule has 0 unspecified atom stereocenters. The van der Waals surface area contributed by atoms with Gasteiger partial charge in [-0.15, -0.1) is 35.3 Å². The van der Waals surface area contributed by atoms with Crippen molar-refractivity contribution in [2.45, 2.75) is 19.8 Å². The van der Waals surface area contributed by atoms with Crippen LogP contribution in [0, 0.1) is 6.92 Å². The molecule has 0 fully saturated rings. The molecule has 0 bridgehead atoms. The van der Waals surface area contributed by atoms with E-state index in [1.165, 1.54) is 21.1 Å². The Morgan fingerprint density at radius 1 is 1.41 bits per heavy atom. The maximum Gasteiger partial charge on any atom is 0.198 e. The van der Waals surface area contributed by atoms with Gasteiger partial charge in [0, 0.05) is 43.3 Å². The molecule has 0 radical (unpaired) electrons. The molecule has 1 aromatic heterocycles. The summed E-state index contributed by atoms with van der Waals surface area (Å²) in [6.45, 7) is 3.95. The first-order valence-corrected chi connectivity index (χ1v) is 8.07. The molecule has 1 aliphatic heterocycles. The number of anilines is 1. The number of benzene rings is 1. The minimum Gasteiger partial charge on any atom is -0.356 e. The molecule has 0 aliphatic carbocycles. The zero-order valence-corrected chi connectivity index (χ0v) is 16.0. The lowest BCUT2D eigenvalue weighted by atomic mass is 10.2. The summed E-state index contributed by atoms with van der Waals surface area (Å²) in [5.41, 5.74) is 2.67. The molecule has 0 spiro atoms. The predicted octanol–water partition coefficient (Wildman–Crippen LogP) is 3.25. The van der Waals surface area contributed by atoms with Crippen LogP contribution in [-0.2, 0) is 12.8 Å². The van der Waals surface area contributed by atoms with Crippen molar-refractivity contribution in [2.75, 3.05) is 25.0 Å². The van der Waals surface area contributed by atoms with Crippen LogP contribution >= 0.6 is 35.3 Å². The van der Waals surface area contributed by atoms with E-state index in [1.807, 2.05) is 13.2 Å². The van der Waals surface area contributed by atoms with Crippen molar-refractivity contribution >= 4 is 47.0 Å². The monoisotopic (exact) mass is 428 g/mol. The van der Waals surface area contributed by atoms with E-state index in [2.05, 4.69) is 51.4 Å². The van der Waals surface area contributed by atoms with Crippen molar-refractivity contribution in [3.8, 4) is 0 Å². The largest absolute Gasteiger partial charge is 0.356 e. The lowest BCUT2D eigenvalue weighted by Gasteiger charge is -2.22. The highest BCUT2D eigenvalue weighted by atomic mass is 127. The first kappa shape index (κ1) is 17.2. The maximum atomic E-state index is 4.42. The van der Waals surface area contributed by atoms with E-state index >= 15 is 0 Å². The normalized spacial score (nSPS) is 13.7. The number of guanidine groups is 1. The van der Waals surface area contributed by atoms with Crippen LogP contribution < -0.4 is 10.2 Å². The first-order valence-electron chi connectivity index (χ1n) is 7.25. The molecule has 6 heteroatoms. The number of nitrogens with one attached hydrogen (secondary N) is 1. The van der Waals surface area contributed by atoms with E-state index < -0.39 is 0 Å². The Bertz CT molecular complexity index is 653. The zero-order chi connectivity index (χ0) is 14.7. The van der Waals surface area contributed by atoms with Gasteiger partial charge in [-0.25, -0.2) is 4.98 Å². The molecule has 0 saturated heterocycles. The van der Waals surface area contributed by atoms with E-state index in [4.69, 9.17) is 0 Å². The fraction of sp³-hybridized carbons (Fsp3) is 0.375. The molecule has 0 saturated carbocycles. The molecule has 22 heavy (non-hydrogen) atoms. The number of aryl methyl sites for hydroxylation is 1. The second-order valence-electron chi connectivity index (χ2n) is 5.12.